The van der Waals surface area contributed by atoms with E-state index >= 15 is 0 Å². The highest BCUT2D eigenvalue weighted by atomic mass is 16.5. The van der Waals surface area contributed by atoms with E-state index in [1.54, 1.807) is 6.26 Å². The smallest absolute Gasteiger partial charge is 0.223 e. The molecule has 5 heteroatoms. The summed E-state index contributed by atoms with van der Waals surface area (Å²) in [5, 5.41) is 0. The standard InChI is InChI=1S/C24H32N2O3/c1-3-26(4-2)23(27)16-19-17-24(29-22-10-6-5-9-21(19)22)11-13-25(14-12-24)18-20-8-7-15-28-20/h5-10,15,19H,3-4,11-14,16-18H2,1-2H3/t19-/m0/s1. The number of likely N-dealkylation sites (tertiary alicyclic amines) is 1. The molecule has 0 bridgehead atoms. The van der Waals surface area contributed by atoms with Crippen LogP contribution in [0.3, 0.4) is 0 Å². The first kappa shape index (κ1) is 20.0. The minimum atomic E-state index is -0.164. The van der Waals surface area contributed by atoms with Gasteiger partial charge in [0, 0.05) is 38.5 Å². The van der Waals surface area contributed by atoms with E-state index in [9.17, 15) is 4.79 Å². The molecule has 3 heterocycles. The van der Waals surface area contributed by atoms with E-state index in [1.165, 1.54) is 5.56 Å². The van der Waals surface area contributed by atoms with Gasteiger partial charge in [-0.2, -0.15) is 0 Å². The van der Waals surface area contributed by atoms with Crippen LogP contribution in [-0.2, 0) is 11.3 Å². The third-order valence-electron chi connectivity index (χ3n) is 6.57. The molecule has 2 aliphatic heterocycles. The van der Waals surface area contributed by atoms with Crippen LogP contribution in [0.4, 0.5) is 0 Å². The van der Waals surface area contributed by atoms with Gasteiger partial charge < -0.3 is 14.1 Å². The minimum absolute atomic E-state index is 0.164. The predicted octanol–water partition coefficient (Wildman–Crippen LogP) is 4.44. The molecule has 0 saturated carbocycles. The molecule has 1 fully saturated rings. The molecule has 2 aromatic rings. The quantitative estimate of drug-likeness (QED) is 0.724. The highest BCUT2D eigenvalue weighted by Gasteiger charge is 2.43. The van der Waals surface area contributed by atoms with Crippen LogP contribution in [0.5, 0.6) is 5.75 Å². The van der Waals surface area contributed by atoms with Gasteiger partial charge in [-0.25, -0.2) is 0 Å². The normalized spacial score (nSPS) is 20.8. The second-order valence-corrected chi connectivity index (χ2v) is 8.35. The molecule has 0 aliphatic carbocycles. The SMILES string of the molecule is CCN(CC)C(=O)C[C@H]1CC2(CCN(Cc3ccco3)CC2)Oc2ccccc21. The molecule has 1 saturated heterocycles. The summed E-state index contributed by atoms with van der Waals surface area (Å²) in [5.74, 6) is 2.46. The fraction of sp³-hybridized carbons (Fsp3) is 0.542. The summed E-state index contributed by atoms with van der Waals surface area (Å²) >= 11 is 0. The summed E-state index contributed by atoms with van der Waals surface area (Å²) in [6.07, 6.45) is 5.20. The summed E-state index contributed by atoms with van der Waals surface area (Å²) < 4.78 is 12.1. The lowest BCUT2D eigenvalue weighted by atomic mass is 9.76. The molecule has 1 spiro atoms. The number of fused-ring (bicyclic) bond motifs is 1. The number of carbonyl (C=O) groups excluding carboxylic acids is 1. The lowest BCUT2D eigenvalue weighted by molar-refractivity contribution is -0.131. The molecule has 5 nitrogen and oxygen atoms in total. The van der Waals surface area contributed by atoms with E-state index in [0.717, 1.165) is 63.5 Å². The van der Waals surface area contributed by atoms with Crippen LogP contribution in [0.15, 0.2) is 47.1 Å². The number of para-hydroxylation sites is 1. The Balaban J connectivity index is 1.47. The first-order chi connectivity index (χ1) is 14.1. The summed E-state index contributed by atoms with van der Waals surface area (Å²) in [5.41, 5.74) is 1.03. The van der Waals surface area contributed by atoms with Crippen LogP contribution in [0.1, 0.15) is 56.8 Å². The molecular weight excluding hydrogens is 364 g/mol. The first-order valence-electron chi connectivity index (χ1n) is 10.9. The van der Waals surface area contributed by atoms with Gasteiger partial charge in [0.1, 0.15) is 17.1 Å². The molecule has 1 aromatic heterocycles. The molecule has 1 atom stereocenters. The minimum Gasteiger partial charge on any atom is -0.487 e. The van der Waals surface area contributed by atoms with E-state index in [1.807, 2.05) is 23.1 Å². The van der Waals surface area contributed by atoms with Crippen molar-refractivity contribution in [3.63, 3.8) is 0 Å². The van der Waals surface area contributed by atoms with Crippen molar-refractivity contribution in [3.8, 4) is 5.75 Å². The fourth-order valence-electron chi connectivity index (χ4n) is 4.89. The zero-order chi connectivity index (χ0) is 20.3. The molecule has 2 aliphatic rings. The second-order valence-electron chi connectivity index (χ2n) is 8.35. The van der Waals surface area contributed by atoms with E-state index in [0.29, 0.717) is 6.42 Å². The van der Waals surface area contributed by atoms with E-state index in [4.69, 9.17) is 9.15 Å². The van der Waals surface area contributed by atoms with Gasteiger partial charge in [0.2, 0.25) is 5.91 Å². The summed E-state index contributed by atoms with van der Waals surface area (Å²) in [7, 11) is 0. The third kappa shape index (κ3) is 4.35. The number of piperidine rings is 1. The maximum Gasteiger partial charge on any atom is 0.223 e. The van der Waals surface area contributed by atoms with Crippen LogP contribution in [-0.4, -0.2) is 47.5 Å². The molecule has 1 aromatic carbocycles. The monoisotopic (exact) mass is 396 g/mol. The maximum absolute atomic E-state index is 12.9. The number of benzene rings is 1. The molecule has 1 amide bonds. The predicted molar refractivity (Wildman–Crippen MR) is 113 cm³/mol. The van der Waals surface area contributed by atoms with Crippen LogP contribution in [0.2, 0.25) is 0 Å². The van der Waals surface area contributed by atoms with Gasteiger partial charge in [0.25, 0.3) is 0 Å². The highest BCUT2D eigenvalue weighted by Crippen LogP contribution is 2.46. The van der Waals surface area contributed by atoms with Crippen molar-refractivity contribution >= 4 is 5.91 Å². The molecule has 0 N–H and O–H groups in total. The Morgan fingerprint density at radius 1 is 1.14 bits per heavy atom. The van der Waals surface area contributed by atoms with Crippen molar-refractivity contribution in [3.05, 3.63) is 54.0 Å². The van der Waals surface area contributed by atoms with Gasteiger partial charge in [-0.15, -0.1) is 0 Å². The lowest BCUT2D eigenvalue weighted by Crippen LogP contribution is -2.50. The molecule has 0 radical (unpaired) electrons. The highest BCUT2D eigenvalue weighted by molar-refractivity contribution is 5.77. The van der Waals surface area contributed by atoms with Crippen LogP contribution < -0.4 is 4.74 Å². The average Bonchev–Trinajstić information content (AvgIpc) is 3.24. The Hall–Kier alpha value is -2.27. The Labute approximate surface area is 173 Å². The number of hydrogen-bond acceptors (Lipinski definition) is 4. The summed E-state index contributed by atoms with van der Waals surface area (Å²) in [6.45, 7) is 8.47. The largest absolute Gasteiger partial charge is 0.487 e. The van der Waals surface area contributed by atoms with Crippen LogP contribution in [0.25, 0.3) is 0 Å². The van der Waals surface area contributed by atoms with Crippen molar-refractivity contribution in [2.24, 2.45) is 0 Å². The van der Waals surface area contributed by atoms with Crippen molar-refractivity contribution in [2.45, 2.75) is 57.6 Å². The van der Waals surface area contributed by atoms with Gasteiger partial charge in [-0.1, -0.05) is 18.2 Å². The number of carbonyl (C=O) groups is 1. The van der Waals surface area contributed by atoms with Crippen molar-refractivity contribution in [1.29, 1.82) is 0 Å². The molecule has 156 valence electrons. The van der Waals surface area contributed by atoms with Gasteiger partial charge in [-0.3, -0.25) is 9.69 Å². The number of ether oxygens (including phenoxy) is 1. The topological polar surface area (TPSA) is 45.9 Å². The molecule has 29 heavy (non-hydrogen) atoms. The molecule has 4 rings (SSSR count). The number of nitrogens with zero attached hydrogens (tertiary/aromatic N) is 2. The maximum atomic E-state index is 12.9. The Morgan fingerprint density at radius 2 is 1.90 bits per heavy atom. The van der Waals surface area contributed by atoms with Gasteiger partial charge >= 0.3 is 0 Å². The number of rotatable bonds is 6. The van der Waals surface area contributed by atoms with E-state index in [-0.39, 0.29) is 17.4 Å². The van der Waals surface area contributed by atoms with Gasteiger partial charge in [-0.05, 0) is 56.9 Å². The molecular formula is C24H32N2O3. The summed E-state index contributed by atoms with van der Waals surface area (Å²) in [6, 6.07) is 12.3. The Bertz CT molecular complexity index is 805. The summed E-state index contributed by atoms with van der Waals surface area (Å²) in [4.78, 5) is 17.2. The van der Waals surface area contributed by atoms with Crippen molar-refractivity contribution < 1.29 is 13.9 Å². The van der Waals surface area contributed by atoms with E-state index < -0.39 is 0 Å². The Morgan fingerprint density at radius 3 is 2.59 bits per heavy atom. The lowest BCUT2D eigenvalue weighted by Gasteiger charge is -2.47. The van der Waals surface area contributed by atoms with Gasteiger partial charge in [0.05, 0.1) is 12.8 Å². The first-order valence-corrected chi connectivity index (χ1v) is 10.9. The Kier molecular flexibility index (Phi) is 5.95. The van der Waals surface area contributed by atoms with Crippen molar-refractivity contribution in [2.75, 3.05) is 26.2 Å². The van der Waals surface area contributed by atoms with Crippen molar-refractivity contribution in [1.82, 2.24) is 9.80 Å². The molecule has 0 unspecified atom stereocenters. The number of hydrogen-bond donors (Lipinski definition) is 0. The third-order valence-corrected chi connectivity index (χ3v) is 6.57. The van der Waals surface area contributed by atoms with Gasteiger partial charge in [0.15, 0.2) is 0 Å². The van der Waals surface area contributed by atoms with Crippen LogP contribution in [0, 0.1) is 0 Å². The number of amides is 1. The zero-order valence-electron chi connectivity index (χ0n) is 17.6. The second kappa shape index (κ2) is 8.62. The van der Waals surface area contributed by atoms with Crippen LogP contribution >= 0.6 is 0 Å². The van der Waals surface area contributed by atoms with E-state index in [2.05, 4.69) is 36.9 Å². The number of furan rings is 1. The zero-order valence-corrected chi connectivity index (χ0v) is 17.6. The fourth-order valence-corrected chi connectivity index (χ4v) is 4.89. The average molecular weight is 397 g/mol.